The standard InChI is InChI=1S/C18H25BN2O2/c1-13-9-7-8-10-16(13)14(2)21-12-15(11-20-21)19-22-17(3,4)18(5,6)23-19/h7-12,14H,1-6H3. The summed E-state index contributed by atoms with van der Waals surface area (Å²) in [6, 6.07) is 8.58. The number of aryl methyl sites for hydroxylation is 1. The summed E-state index contributed by atoms with van der Waals surface area (Å²) in [6.45, 7) is 12.5. The smallest absolute Gasteiger partial charge is 0.399 e. The van der Waals surface area contributed by atoms with Crippen LogP contribution in [0.4, 0.5) is 0 Å². The number of hydrogen-bond acceptors (Lipinski definition) is 3. The minimum Gasteiger partial charge on any atom is -0.399 e. The summed E-state index contributed by atoms with van der Waals surface area (Å²) in [5, 5.41) is 4.53. The van der Waals surface area contributed by atoms with Gasteiger partial charge in [0.25, 0.3) is 0 Å². The summed E-state index contributed by atoms with van der Waals surface area (Å²) in [5.41, 5.74) is 2.84. The van der Waals surface area contributed by atoms with Crippen LogP contribution in [0.3, 0.4) is 0 Å². The first-order valence-electron chi connectivity index (χ1n) is 8.16. The van der Waals surface area contributed by atoms with Crippen molar-refractivity contribution in [3.63, 3.8) is 0 Å². The maximum absolute atomic E-state index is 6.10. The fraction of sp³-hybridized carbons (Fsp3) is 0.500. The molecule has 3 rings (SSSR count). The molecule has 23 heavy (non-hydrogen) atoms. The Hall–Kier alpha value is -1.59. The van der Waals surface area contributed by atoms with Gasteiger partial charge in [-0.1, -0.05) is 24.3 Å². The molecule has 0 spiro atoms. The zero-order chi connectivity index (χ0) is 16.8. The van der Waals surface area contributed by atoms with E-state index in [1.807, 2.05) is 17.1 Å². The molecule has 0 aliphatic carbocycles. The van der Waals surface area contributed by atoms with E-state index in [9.17, 15) is 0 Å². The van der Waals surface area contributed by atoms with Gasteiger partial charge in [-0.25, -0.2) is 0 Å². The molecule has 1 aromatic heterocycles. The fourth-order valence-electron chi connectivity index (χ4n) is 2.86. The second-order valence-electron chi connectivity index (χ2n) is 7.37. The van der Waals surface area contributed by atoms with E-state index in [4.69, 9.17) is 9.31 Å². The van der Waals surface area contributed by atoms with Crippen LogP contribution in [0.15, 0.2) is 36.7 Å². The molecule has 122 valence electrons. The SMILES string of the molecule is Cc1ccccc1C(C)n1cc(B2OC(C)(C)C(C)(C)O2)cn1. The second kappa shape index (κ2) is 5.50. The molecule has 5 heteroatoms. The van der Waals surface area contributed by atoms with Gasteiger partial charge in [0.15, 0.2) is 0 Å². The lowest BCUT2D eigenvalue weighted by atomic mass is 9.82. The Morgan fingerprint density at radius 3 is 2.30 bits per heavy atom. The molecule has 4 nitrogen and oxygen atoms in total. The lowest BCUT2D eigenvalue weighted by molar-refractivity contribution is 0.00578. The first-order chi connectivity index (χ1) is 10.7. The fourth-order valence-corrected chi connectivity index (χ4v) is 2.86. The van der Waals surface area contributed by atoms with Crippen LogP contribution in [0.1, 0.15) is 51.8 Å². The number of hydrogen-bond donors (Lipinski definition) is 0. The molecule has 0 N–H and O–H groups in total. The largest absolute Gasteiger partial charge is 0.498 e. The number of aromatic nitrogens is 2. The van der Waals surface area contributed by atoms with Crippen molar-refractivity contribution in [2.75, 3.05) is 0 Å². The molecule has 1 atom stereocenters. The van der Waals surface area contributed by atoms with Gasteiger partial charge in [0, 0.05) is 17.9 Å². The molecule has 1 fully saturated rings. The quantitative estimate of drug-likeness (QED) is 0.817. The van der Waals surface area contributed by atoms with Crippen LogP contribution in [-0.4, -0.2) is 28.1 Å². The van der Waals surface area contributed by atoms with Crippen molar-refractivity contribution in [2.24, 2.45) is 0 Å². The van der Waals surface area contributed by atoms with E-state index < -0.39 is 0 Å². The summed E-state index contributed by atoms with van der Waals surface area (Å²) in [4.78, 5) is 0. The average Bonchev–Trinajstić information content (AvgIpc) is 3.02. The summed E-state index contributed by atoms with van der Waals surface area (Å²) >= 11 is 0. The molecule has 2 heterocycles. The Bertz CT molecular complexity index is 693. The third-order valence-corrected chi connectivity index (χ3v) is 5.18. The number of benzene rings is 1. The molecule has 0 amide bonds. The summed E-state index contributed by atoms with van der Waals surface area (Å²) in [5.74, 6) is 0. The van der Waals surface area contributed by atoms with Gasteiger partial charge in [-0.05, 0) is 52.7 Å². The third-order valence-electron chi connectivity index (χ3n) is 5.18. The molecular formula is C18H25BN2O2. The number of rotatable bonds is 3. The van der Waals surface area contributed by atoms with E-state index in [1.54, 1.807) is 0 Å². The Kier molecular flexibility index (Phi) is 3.89. The van der Waals surface area contributed by atoms with Crippen LogP contribution in [-0.2, 0) is 9.31 Å². The highest BCUT2D eigenvalue weighted by Gasteiger charge is 2.52. The van der Waals surface area contributed by atoms with Crippen molar-refractivity contribution in [1.82, 2.24) is 9.78 Å². The average molecular weight is 312 g/mol. The summed E-state index contributed by atoms with van der Waals surface area (Å²) in [6.07, 6.45) is 3.87. The van der Waals surface area contributed by atoms with Gasteiger partial charge >= 0.3 is 7.12 Å². The zero-order valence-corrected chi connectivity index (χ0v) is 14.8. The first-order valence-corrected chi connectivity index (χ1v) is 8.16. The third kappa shape index (κ3) is 2.84. The van der Waals surface area contributed by atoms with Crippen molar-refractivity contribution < 1.29 is 9.31 Å². The van der Waals surface area contributed by atoms with Crippen LogP contribution in [0.2, 0.25) is 0 Å². The van der Waals surface area contributed by atoms with Crippen molar-refractivity contribution in [3.8, 4) is 0 Å². The van der Waals surface area contributed by atoms with Crippen LogP contribution >= 0.6 is 0 Å². The maximum Gasteiger partial charge on any atom is 0.498 e. The normalized spacial score (nSPS) is 20.7. The van der Waals surface area contributed by atoms with Crippen molar-refractivity contribution in [1.29, 1.82) is 0 Å². The molecule has 1 aliphatic heterocycles. The second-order valence-corrected chi connectivity index (χ2v) is 7.37. The molecule has 0 radical (unpaired) electrons. The van der Waals surface area contributed by atoms with Gasteiger partial charge in [0.05, 0.1) is 17.2 Å². The molecule has 1 saturated heterocycles. The number of nitrogens with zero attached hydrogens (tertiary/aromatic N) is 2. The van der Waals surface area contributed by atoms with Gasteiger partial charge in [-0.3, -0.25) is 4.68 Å². The first kappa shape index (κ1) is 16.3. The van der Waals surface area contributed by atoms with E-state index in [0.717, 1.165) is 5.46 Å². The minimum absolute atomic E-state index is 0.173. The zero-order valence-electron chi connectivity index (χ0n) is 14.8. The molecular weight excluding hydrogens is 287 g/mol. The van der Waals surface area contributed by atoms with Crippen molar-refractivity contribution >= 4 is 12.6 Å². The highest BCUT2D eigenvalue weighted by atomic mass is 16.7. The minimum atomic E-state index is -0.363. The van der Waals surface area contributed by atoms with E-state index >= 15 is 0 Å². The van der Waals surface area contributed by atoms with Gasteiger partial charge < -0.3 is 9.31 Å². The van der Waals surface area contributed by atoms with Crippen LogP contribution < -0.4 is 5.46 Å². The van der Waals surface area contributed by atoms with Gasteiger partial charge in [0.1, 0.15) is 0 Å². The highest BCUT2D eigenvalue weighted by molar-refractivity contribution is 6.62. The maximum atomic E-state index is 6.10. The molecule has 0 bridgehead atoms. The van der Waals surface area contributed by atoms with Gasteiger partial charge in [-0.15, -0.1) is 0 Å². The van der Waals surface area contributed by atoms with Gasteiger partial charge in [-0.2, -0.15) is 5.10 Å². The van der Waals surface area contributed by atoms with Crippen molar-refractivity contribution in [3.05, 3.63) is 47.8 Å². The predicted octanol–water partition coefficient (Wildman–Crippen LogP) is 3.10. The van der Waals surface area contributed by atoms with E-state index in [1.165, 1.54) is 11.1 Å². The van der Waals surface area contributed by atoms with Crippen LogP contribution in [0.5, 0.6) is 0 Å². The van der Waals surface area contributed by atoms with Gasteiger partial charge in [0.2, 0.25) is 0 Å². The summed E-state index contributed by atoms with van der Waals surface area (Å²) < 4.78 is 14.2. The Morgan fingerprint density at radius 1 is 1.09 bits per heavy atom. The Morgan fingerprint density at radius 2 is 1.70 bits per heavy atom. The topological polar surface area (TPSA) is 36.3 Å². The van der Waals surface area contributed by atoms with E-state index in [2.05, 4.69) is 70.9 Å². The van der Waals surface area contributed by atoms with Crippen molar-refractivity contribution in [2.45, 2.75) is 58.8 Å². The highest BCUT2D eigenvalue weighted by Crippen LogP contribution is 2.36. The van der Waals surface area contributed by atoms with E-state index in [-0.39, 0.29) is 24.4 Å². The summed E-state index contributed by atoms with van der Waals surface area (Å²) in [7, 11) is -0.363. The lowest BCUT2D eigenvalue weighted by Gasteiger charge is -2.32. The molecule has 1 aromatic carbocycles. The lowest BCUT2D eigenvalue weighted by Crippen LogP contribution is -2.41. The monoisotopic (exact) mass is 312 g/mol. The van der Waals surface area contributed by atoms with E-state index in [0.29, 0.717) is 0 Å². The molecule has 1 aliphatic rings. The molecule has 0 saturated carbocycles. The Labute approximate surface area is 138 Å². The molecule has 2 aromatic rings. The van der Waals surface area contributed by atoms with Crippen LogP contribution in [0, 0.1) is 6.92 Å². The predicted molar refractivity (Wildman–Crippen MR) is 92.9 cm³/mol. The molecule has 1 unspecified atom stereocenters. The Balaban J connectivity index is 1.83. The van der Waals surface area contributed by atoms with Crippen LogP contribution in [0.25, 0.3) is 0 Å².